The number of nitrogens with one attached hydrogen (secondary N) is 3. The SMILES string of the molecule is CN(Cc1ccccc1B(O)O)Cc1c2ccccc2c(CN(C)C(=O)c2ccc(C(=O)N(C)Cc3c4ccccc4c(CN(C)Cc4ccccc4B(O)O)c4ccccc34)c(OCc3cn(CCCNC(=O)CCCCCNC(=O)Oc4ccc(/C=C\C5=[N+]6C(C=C5)Cc5ccc(-c7ccc[nH]7)n5[B-]6(F)F)cc4)nn3)c2)c2ccccc12. The van der Waals surface area contributed by atoms with Crippen molar-refractivity contribution in [2.45, 2.75) is 97.0 Å². The van der Waals surface area contributed by atoms with Crippen LogP contribution in [0.15, 0.2) is 243 Å². The molecule has 0 saturated carbocycles. The van der Waals surface area contributed by atoms with Crippen LogP contribution in [0.25, 0.3) is 60.6 Å². The van der Waals surface area contributed by atoms with Gasteiger partial charge < -0.3 is 72.6 Å². The van der Waals surface area contributed by atoms with Crippen molar-refractivity contribution in [3.63, 3.8) is 0 Å². The number of benzene rings is 10. The van der Waals surface area contributed by atoms with Crippen molar-refractivity contribution < 1.29 is 61.9 Å². The number of carbonyl (C=O) groups excluding carboxylic acids is 4. The van der Waals surface area contributed by atoms with Crippen LogP contribution in [0, 0.1) is 0 Å². The van der Waals surface area contributed by atoms with Crippen molar-refractivity contribution >= 4 is 111 Å². The molecule has 1 atom stereocenters. The molecule has 15 rings (SSSR count). The Hall–Kier alpha value is -12.6. The number of rotatable bonds is 33. The predicted octanol–water partition coefficient (Wildman–Crippen LogP) is 12.2. The first-order valence-electron chi connectivity index (χ1n) is 40.2. The Labute approximate surface area is 689 Å². The maximum atomic E-state index is 16.3. The van der Waals surface area contributed by atoms with E-state index in [2.05, 4.69) is 84.3 Å². The number of hydrogen-bond donors (Lipinski definition) is 7. The fourth-order valence-electron chi connectivity index (χ4n) is 16.7. The molecule has 0 aliphatic carbocycles. The smallest absolute Gasteiger partial charge is 0.486 e. The van der Waals surface area contributed by atoms with Gasteiger partial charge in [0, 0.05) is 115 Å². The molecule has 10 aromatic carbocycles. The normalized spacial score (nSPS) is 13.6. The van der Waals surface area contributed by atoms with Gasteiger partial charge in [0.05, 0.1) is 17.5 Å². The zero-order valence-electron chi connectivity index (χ0n) is 66.8. The van der Waals surface area contributed by atoms with Crippen LogP contribution in [0.3, 0.4) is 0 Å². The van der Waals surface area contributed by atoms with Gasteiger partial charge in [0.2, 0.25) is 5.91 Å². The van der Waals surface area contributed by atoms with Crippen molar-refractivity contribution in [2.75, 3.05) is 41.3 Å². The van der Waals surface area contributed by atoms with E-state index in [1.165, 1.54) is 4.49 Å². The number of nitrogens with zero attached hydrogens (tertiary/aromatic N) is 9. The fourth-order valence-corrected chi connectivity index (χ4v) is 16.7. The Morgan fingerprint density at radius 2 is 1.13 bits per heavy atom. The van der Waals surface area contributed by atoms with Crippen LogP contribution in [0.5, 0.6) is 11.5 Å². The molecular formula is C92H93B3F2N12O10. The van der Waals surface area contributed by atoms with E-state index in [1.54, 1.807) is 150 Å². The minimum absolute atomic E-state index is 0.102. The van der Waals surface area contributed by atoms with Gasteiger partial charge >= 0.3 is 27.3 Å². The monoisotopic (exact) mass is 1600 g/mol. The second-order valence-corrected chi connectivity index (χ2v) is 30.8. The maximum Gasteiger partial charge on any atom is 0.732 e. The molecule has 2 aliphatic heterocycles. The lowest BCUT2D eigenvalue weighted by Gasteiger charge is -2.35. The molecule has 0 saturated heterocycles. The number of H-pyrrole nitrogens is 1. The Morgan fingerprint density at radius 3 is 1.68 bits per heavy atom. The van der Waals surface area contributed by atoms with Crippen molar-refractivity contribution in [3.05, 3.63) is 304 Å². The van der Waals surface area contributed by atoms with E-state index in [1.807, 2.05) is 93.0 Å². The number of fused-ring (bicyclic) bond motifs is 6. The first kappa shape index (κ1) is 81.5. The average molecular weight is 1600 g/mol. The second kappa shape index (κ2) is 36.5. The summed E-state index contributed by atoms with van der Waals surface area (Å²) in [5.41, 5.74) is 10.4. The summed E-state index contributed by atoms with van der Waals surface area (Å²) in [6, 6.07) is 65.7. The summed E-state index contributed by atoms with van der Waals surface area (Å²) in [6.45, 7) is -0.641. The molecular weight excluding hydrogens is 1500 g/mol. The minimum Gasteiger partial charge on any atom is -0.486 e. The van der Waals surface area contributed by atoms with Crippen LogP contribution in [-0.2, 0) is 63.6 Å². The van der Waals surface area contributed by atoms with Gasteiger partial charge in [0.1, 0.15) is 29.8 Å². The summed E-state index contributed by atoms with van der Waals surface area (Å²) >= 11 is 0. The highest BCUT2D eigenvalue weighted by molar-refractivity contribution is 6.59. The van der Waals surface area contributed by atoms with Gasteiger partial charge in [-0.25, -0.2) is 4.79 Å². The molecule has 119 heavy (non-hydrogen) atoms. The number of amides is 4. The van der Waals surface area contributed by atoms with Crippen LogP contribution >= 0.6 is 0 Å². The first-order chi connectivity index (χ1) is 57.7. The van der Waals surface area contributed by atoms with E-state index < -0.39 is 33.3 Å². The molecule has 2 aliphatic rings. The lowest BCUT2D eigenvalue weighted by Crippen LogP contribution is -2.56. The second-order valence-electron chi connectivity index (χ2n) is 30.8. The van der Waals surface area contributed by atoms with Gasteiger partial charge in [-0.2, -0.15) is 0 Å². The lowest BCUT2D eigenvalue weighted by molar-refractivity contribution is -0.455. The zero-order chi connectivity index (χ0) is 82.8. The molecule has 0 bridgehead atoms. The molecule has 27 heteroatoms. The highest BCUT2D eigenvalue weighted by Crippen LogP contribution is 2.40. The van der Waals surface area contributed by atoms with Gasteiger partial charge in [0.15, 0.2) is 5.71 Å². The van der Waals surface area contributed by atoms with Gasteiger partial charge in [-0.1, -0.05) is 169 Å². The summed E-state index contributed by atoms with van der Waals surface area (Å²) in [5, 5.41) is 63.3. The van der Waals surface area contributed by atoms with Crippen molar-refractivity contribution in [1.29, 1.82) is 0 Å². The molecule has 3 aromatic heterocycles. The first-order valence-corrected chi connectivity index (χ1v) is 40.2. The van der Waals surface area contributed by atoms with E-state index in [-0.39, 0.29) is 54.3 Å². The largest absolute Gasteiger partial charge is 0.732 e. The molecule has 0 spiro atoms. The third-order valence-electron chi connectivity index (χ3n) is 22.5. The molecule has 1 unspecified atom stereocenters. The number of hydrogen-bond acceptors (Lipinski definition) is 14. The molecule has 0 fully saturated rings. The molecule has 0 radical (unpaired) electrons. The number of carbonyl (C=O) groups is 4. The molecule has 604 valence electrons. The van der Waals surface area contributed by atoms with E-state index in [0.717, 1.165) is 86.5 Å². The van der Waals surface area contributed by atoms with Crippen LogP contribution in [0.4, 0.5) is 13.4 Å². The van der Waals surface area contributed by atoms with Gasteiger partial charge in [-0.05, 0) is 199 Å². The van der Waals surface area contributed by atoms with Crippen LogP contribution in [-0.4, -0.2) is 167 Å². The maximum absolute atomic E-state index is 16.3. The van der Waals surface area contributed by atoms with Crippen LogP contribution in [0.2, 0.25) is 0 Å². The number of unbranched alkanes of at least 4 members (excludes halogenated alkanes) is 2. The van der Waals surface area contributed by atoms with E-state index in [0.29, 0.717) is 130 Å². The summed E-state index contributed by atoms with van der Waals surface area (Å²) in [5.74, 6) is -0.276. The molecule has 4 amide bonds. The van der Waals surface area contributed by atoms with Crippen LogP contribution < -0.4 is 31.0 Å². The highest BCUT2D eigenvalue weighted by Gasteiger charge is 2.54. The summed E-state index contributed by atoms with van der Waals surface area (Å²) in [6.07, 6.45) is 13.1. The number of aryl methyl sites for hydroxylation is 1. The highest BCUT2D eigenvalue weighted by atomic mass is 19.2. The Bertz CT molecular complexity index is 5900. The van der Waals surface area contributed by atoms with Gasteiger partial charge in [-0.3, -0.25) is 28.9 Å². The van der Waals surface area contributed by atoms with Crippen LogP contribution in [0.1, 0.15) is 103 Å². The van der Waals surface area contributed by atoms with E-state index >= 15 is 18.2 Å². The topological polar surface area (TPSA) is 259 Å². The third kappa shape index (κ3) is 18.3. The van der Waals surface area contributed by atoms with Crippen molar-refractivity contribution in [3.8, 4) is 22.9 Å². The summed E-state index contributed by atoms with van der Waals surface area (Å²) < 4.78 is 48.8. The molecule has 5 heterocycles. The molecule has 7 N–H and O–H groups in total. The Kier molecular flexibility index (Phi) is 25.0. The quantitative estimate of drug-likeness (QED) is 0.0115. The number of halogens is 2. The van der Waals surface area contributed by atoms with Crippen molar-refractivity contribution in [2.24, 2.45) is 0 Å². The summed E-state index contributed by atoms with van der Waals surface area (Å²) in [7, 11) is 4.32. The average Bonchev–Trinajstić information content (AvgIpc) is 1.58. The zero-order valence-corrected chi connectivity index (χ0v) is 66.8. The number of ether oxygens (including phenoxy) is 2. The van der Waals surface area contributed by atoms with Gasteiger partial charge in [-0.15, -0.1) is 5.10 Å². The number of allylic oxidation sites excluding steroid dienone is 2. The summed E-state index contributed by atoms with van der Waals surface area (Å²) in [4.78, 5) is 66.8. The number of aromatic nitrogens is 5. The Balaban J connectivity index is 0.575. The standard InChI is InChI=1S/C92H93B3F2N12O10/c1-103(54-64-22-7-17-32-84(64)93(114)115)57-80-71-24-9-13-28-75(71)82(76-29-14-10-25-72(76)80)59-105(3)90(111)63-39-46-79(91(112)106(4)60-83-77-30-15-11-26-73(77)81(74-27-12-16-31-78(74)83)58-104(2)55-65-23-8-18-33-85(65)94(116)117)88(52-63)118-61-66-56-107(102-101-66)51-21-50-99-89(110)35-6-5-19-48-100-92(113)119-70-44-37-62(38-45-70)36-40-67-41-42-68-53-69-43-47-87(86-34-20-49-98-86)109(69)95(96,97)108(67)68/h7-18,20,22-34,36-47,49,52,56,68,98,114-117H,5-6,19,21,35,48,50-51,53-55,57-61H2,1-4H3,(H,99,110)(H,100,113)/b40-36-. The molecule has 22 nitrogen and oxygen atoms in total. The lowest BCUT2D eigenvalue weighted by atomic mass is 9.77. The molecule has 13 aromatic rings. The van der Waals surface area contributed by atoms with E-state index in [4.69, 9.17) is 9.47 Å². The van der Waals surface area contributed by atoms with Gasteiger partial charge in [0.25, 0.3) is 11.8 Å². The number of aromatic amines is 1. The Morgan fingerprint density at radius 1 is 0.588 bits per heavy atom. The minimum atomic E-state index is -4.14. The fraction of sp³-hybridized carbons (Fsp3) is 0.228. The van der Waals surface area contributed by atoms with Crippen molar-refractivity contribution in [1.82, 2.24) is 54.7 Å². The predicted molar refractivity (Wildman–Crippen MR) is 463 cm³/mol. The van der Waals surface area contributed by atoms with E-state index in [9.17, 15) is 29.7 Å². The third-order valence-corrected chi connectivity index (χ3v) is 22.5.